The van der Waals surface area contributed by atoms with E-state index in [-0.39, 0.29) is 11.8 Å². The number of hydrogen-bond acceptors (Lipinski definition) is 3. The Bertz CT molecular complexity index is 496. The van der Waals surface area contributed by atoms with Gasteiger partial charge in [0.1, 0.15) is 0 Å². The molecule has 5 heteroatoms. The molecule has 0 amide bonds. The molecule has 1 aromatic rings. The zero-order valence-electron chi connectivity index (χ0n) is 12.0. The second-order valence-corrected chi connectivity index (χ2v) is 7.42. The normalized spacial score (nSPS) is 18.9. The highest BCUT2D eigenvalue weighted by Gasteiger charge is 2.19. The van der Waals surface area contributed by atoms with Crippen molar-refractivity contribution in [3.05, 3.63) is 35.9 Å². The van der Waals surface area contributed by atoms with E-state index < -0.39 is 10.0 Å². The number of rotatable bonds is 6. The van der Waals surface area contributed by atoms with E-state index in [1.54, 1.807) is 0 Å². The molecule has 1 heterocycles. The third-order valence-electron chi connectivity index (χ3n) is 3.91. The molecule has 0 radical (unpaired) electrons. The Morgan fingerprint density at radius 3 is 2.55 bits per heavy atom. The van der Waals surface area contributed by atoms with Crippen LogP contribution in [0.25, 0.3) is 0 Å². The number of piperidine rings is 1. The molecule has 1 saturated heterocycles. The smallest absolute Gasteiger partial charge is 0.212 e. The highest BCUT2D eigenvalue weighted by Crippen LogP contribution is 2.18. The SMILES string of the molecule is CC(NS(=O)(=O)CCC1CCNCC1)c1ccccc1. The van der Waals surface area contributed by atoms with Crippen molar-refractivity contribution in [3.63, 3.8) is 0 Å². The van der Waals surface area contributed by atoms with Gasteiger partial charge in [-0.15, -0.1) is 0 Å². The lowest BCUT2D eigenvalue weighted by atomic mass is 9.96. The fraction of sp³-hybridized carbons (Fsp3) is 0.600. The molecular formula is C15H24N2O2S. The van der Waals surface area contributed by atoms with Crippen LogP contribution in [0.4, 0.5) is 0 Å². The van der Waals surface area contributed by atoms with Crippen LogP contribution in [0.2, 0.25) is 0 Å². The molecule has 20 heavy (non-hydrogen) atoms. The van der Waals surface area contributed by atoms with Crippen molar-refractivity contribution in [2.75, 3.05) is 18.8 Å². The van der Waals surface area contributed by atoms with Crippen molar-refractivity contribution in [1.82, 2.24) is 10.0 Å². The van der Waals surface area contributed by atoms with Crippen LogP contribution in [-0.4, -0.2) is 27.3 Å². The van der Waals surface area contributed by atoms with Gasteiger partial charge >= 0.3 is 0 Å². The molecule has 0 bridgehead atoms. The highest BCUT2D eigenvalue weighted by molar-refractivity contribution is 7.89. The van der Waals surface area contributed by atoms with Crippen molar-refractivity contribution in [1.29, 1.82) is 0 Å². The van der Waals surface area contributed by atoms with Crippen LogP contribution in [-0.2, 0) is 10.0 Å². The van der Waals surface area contributed by atoms with Crippen LogP contribution in [0, 0.1) is 5.92 Å². The number of nitrogens with one attached hydrogen (secondary N) is 2. The summed E-state index contributed by atoms with van der Waals surface area (Å²) in [4.78, 5) is 0. The lowest BCUT2D eigenvalue weighted by Crippen LogP contribution is -2.32. The van der Waals surface area contributed by atoms with Gasteiger partial charge in [-0.3, -0.25) is 0 Å². The Balaban J connectivity index is 1.84. The summed E-state index contributed by atoms with van der Waals surface area (Å²) < 4.78 is 27.0. The third kappa shape index (κ3) is 4.89. The van der Waals surface area contributed by atoms with Crippen molar-refractivity contribution >= 4 is 10.0 Å². The van der Waals surface area contributed by atoms with Crippen LogP contribution >= 0.6 is 0 Å². The molecule has 1 aromatic carbocycles. The number of hydrogen-bond donors (Lipinski definition) is 2. The molecule has 2 N–H and O–H groups in total. The largest absolute Gasteiger partial charge is 0.317 e. The van der Waals surface area contributed by atoms with Crippen molar-refractivity contribution in [3.8, 4) is 0 Å². The molecule has 4 nitrogen and oxygen atoms in total. The second-order valence-electron chi connectivity index (χ2n) is 5.55. The minimum atomic E-state index is -3.20. The maximum Gasteiger partial charge on any atom is 0.212 e. The summed E-state index contributed by atoms with van der Waals surface area (Å²) in [5.41, 5.74) is 0.998. The molecule has 0 aromatic heterocycles. The summed E-state index contributed by atoms with van der Waals surface area (Å²) in [6.07, 6.45) is 2.94. The summed E-state index contributed by atoms with van der Waals surface area (Å²) in [5, 5.41) is 3.30. The first-order chi connectivity index (χ1) is 9.57. The average molecular weight is 296 g/mol. The zero-order valence-corrected chi connectivity index (χ0v) is 12.8. The molecule has 0 spiro atoms. The van der Waals surface area contributed by atoms with Crippen LogP contribution < -0.4 is 10.0 Å². The van der Waals surface area contributed by atoms with Gasteiger partial charge in [0.2, 0.25) is 10.0 Å². The minimum absolute atomic E-state index is 0.172. The van der Waals surface area contributed by atoms with Crippen LogP contribution in [0.15, 0.2) is 30.3 Å². The molecule has 0 aliphatic carbocycles. The third-order valence-corrected chi connectivity index (χ3v) is 5.40. The first kappa shape index (κ1) is 15.5. The van der Waals surface area contributed by atoms with Crippen molar-refractivity contribution in [2.45, 2.75) is 32.2 Å². The van der Waals surface area contributed by atoms with Crippen molar-refractivity contribution < 1.29 is 8.42 Å². The standard InChI is InChI=1S/C15H24N2O2S/c1-13(15-5-3-2-4-6-15)17-20(18,19)12-9-14-7-10-16-11-8-14/h2-6,13-14,16-17H,7-12H2,1H3. The van der Waals surface area contributed by atoms with E-state index in [1.165, 1.54) is 0 Å². The van der Waals surface area contributed by atoms with E-state index in [2.05, 4.69) is 10.0 Å². The van der Waals surface area contributed by atoms with Crippen molar-refractivity contribution in [2.24, 2.45) is 5.92 Å². The lowest BCUT2D eigenvalue weighted by molar-refractivity contribution is 0.365. The maximum absolute atomic E-state index is 12.1. The molecule has 1 fully saturated rings. The minimum Gasteiger partial charge on any atom is -0.317 e. The van der Waals surface area contributed by atoms with E-state index in [4.69, 9.17) is 0 Å². The van der Waals surface area contributed by atoms with E-state index in [1.807, 2.05) is 37.3 Å². The van der Waals surface area contributed by atoms with Crippen LogP contribution in [0.1, 0.15) is 37.8 Å². The first-order valence-corrected chi connectivity index (χ1v) is 8.98. The lowest BCUT2D eigenvalue weighted by Gasteiger charge is -2.23. The van der Waals surface area contributed by atoms with Crippen LogP contribution in [0.3, 0.4) is 0 Å². The Morgan fingerprint density at radius 2 is 1.90 bits per heavy atom. The molecule has 2 rings (SSSR count). The summed E-state index contributed by atoms with van der Waals surface area (Å²) in [7, 11) is -3.20. The monoisotopic (exact) mass is 296 g/mol. The van der Waals surface area contributed by atoms with Gasteiger partial charge in [-0.2, -0.15) is 0 Å². The van der Waals surface area contributed by atoms with Gasteiger partial charge in [-0.05, 0) is 50.8 Å². The fourth-order valence-corrected chi connectivity index (χ4v) is 4.07. The van der Waals surface area contributed by atoms with E-state index >= 15 is 0 Å². The Hall–Kier alpha value is -0.910. The van der Waals surface area contributed by atoms with Gasteiger partial charge in [-0.1, -0.05) is 30.3 Å². The predicted octanol–water partition coefficient (Wildman–Crippen LogP) is 2.06. The van der Waals surface area contributed by atoms with Gasteiger partial charge in [0.25, 0.3) is 0 Å². The van der Waals surface area contributed by atoms with Gasteiger partial charge in [0.05, 0.1) is 5.75 Å². The number of benzene rings is 1. The van der Waals surface area contributed by atoms with Gasteiger partial charge in [0.15, 0.2) is 0 Å². The molecule has 1 atom stereocenters. The Labute approximate surface area is 122 Å². The maximum atomic E-state index is 12.1. The van der Waals surface area contributed by atoms with E-state index in [0.29, 0.717) is 5.92 Å². The summed E-state index contributed by atoms with van der Waals surface area (Å²) in [6.45, 7) is 3.91. The molecule has 1 aliphatic rings. The molecule has 1 unspecified atom stereocenters. The molecule has 1 aliphatic heterocycles. The molecule has 112 valence electrons. The fourth-order valence-electron chi connectivity index (χ4n) is 2.63. The summed E-state index contributed by atoms with van der Waals surface area (Å²) >= 11 is 0. The quantitative estimate of drug-likeness (QED) is 0.845. The summed E-state index contributed by atoms with van der Waals surface area (Å²) in [6, 6.07) is 9.50. The van der Waals surface area contributed by atoms with Gasteiger partial charge in [-0.25, -0.2) is 13.1 Å². The topological polar surface area (TPSA) is 58.2 Å². The summed E-state index contributed by atoms with van der Waals surface area (Å²) in [5.74, 6) is 0.773. The number of sulfonamides is 1. The molecular weight excluding hydrogens is 272 g/mol. The zero-order chi connectivity index (χ0) is 14.4. The first-order valence-electron chi connectivity index (χ1n) is 7.32. The average Bonchev–Trinajstić information content (AvgIpc) is 2.47. The Kier molecular flexibility index (Phi) is 5.57. The Morgan fingerprint density at radius 1 is 1.25 bits per heavy atom. The van der Waals surface area contributed by atoms with Crippen LogP contribution in [0.5, 0.6) is 0 Å². The molecule has 0 saturated carbocycles. The predicted molar refractivity (Wildman–Crippen MR) is 82.0 cm³/mol. The van der Waals surface area contributed by atoms with Gasteiger partial charge < -0.3 is 5.32 Å². The van der Waals surface area contributed by atoms with E-state index in [0.717, 1.165) is 37.9 Å². The second kappa shape index (κ2) is 7.20. The van der Waals surface area contributed by atoms with E-state index in [9.17, 15) is 8.42 Å². The highest BCUT2D eigenvalue weighted by atomic mass is 32.2. The van der Waals surface area contributed by atoms with Gasteiger partial charge in [0, 0.05) is 6.04 Å².